The first kappa shape index (κ1) is 21.6. The van der Waals surface area contributed by atoms with Crippen LogP contribution in [0.1, 0.15) is 43.5 Å². The van der Waals surface area contributed by atoms with Gasteiger partial charge in [-0.2, -0.15) is 0 Å². The molecule has 2 aliphatic rings. The van der Waals surface area contributed by atoms with Crippen molar-refractivity contribution in [2.24, 2.45) is 5.92 Å². The van der Waals surface area contributed by atoms with Crippen molar-refractivity contribution in [2.75, 3.05) is 30.5 Å². The number of carbonyl (C=O) groups excluding carboxylic acids is 4. The zero-order chi connectivity index (χ0) is 21.8. The number of anilines is 2. The van der Waals surface area contributed by atoms with Gasteiger partial charge >= 0.3 is 11.9 Å². The second-order valence-corrected chi connectivity index (χ2v) is 7.92. The zero-order valence-electron chi connectivity index (χ0n) is 17.4. The van der Waals surface area contributed by atoms with Crippen molar-refractivity contribution < 1.29 is 28.7 Å². The highest BCUT2D eigenvalue weighted by Crippen LogP contribution is 2.37. The molecule has 1 aromatic rings. The first-order valence-electron chi connectivity index (χ1n) is 10.1. The number of ether oxygens (including phenoxy) is 2. The third kappa shape index (κ3) is 4.72. The van der Waals surface area contributed by atoms with Gasteiger partial charge in [0.15, 0.2) is 6.61 Å². The molecule has 2 heterocycles. The molecule has 0 unspecified atom stereocenters. The van der Waals surface area contributed by atoms with E-state index in [4.69, 9.17) is 9.47 Å². The maximum absolute atomic E-state index is 12.4. The van der Waals surface area contributed by atoms with Crippen LogP contribution in [0.25, 0.3) is 0 Å². The van der Waals surface area contributed by atoms with Gasteiger partial charge in [-0.25, -0.2) is 9.59 Å². The second-order valence-electron chi connectivity index (χ2n) is 7.92. The Morgan fingerprint density at radius 1 is 1.30 bits per heavy atom. The molecule has 0 aromatic heterocycles. The first-order chi connectivity index (χ1) is 14.3. The fraction of sp³-hybridized carbons (Fsp3) is 0.524. The Balaban J connectivity index is 1.60. The van der Waals surface area contributed by atoms with Crippen molar-refractivity contribution in [2.45, 2.75) is 45.2 Å². The first-order valence-corrected chi connectivity index (χ1v) is 10.1. The summed E-state index contributed by atoms with van der Waals surface area (Å²) in [6.45, 7) is 4.11. The molecule has 30 heavy (non-hydrogen) atoms. The molecule has 3 rings (SSSR count). The van der Waals surface area contributed by atoms with Gasteiger partial charge in [0.05, 0.1) is 24.0 Å². The van der Waals surface area contributed by atoms with E-state index in [-0.39, 0.29) is 23.4 Å². The maximum Gasteiger partial charge on any atom is 0.338 e. The Bertz CT molecular complexity index is 853. The van der Waals surface area contributed by atoms with Gasteiger partial charge in [0, 0.05) is 6.54 Å². The lowest BCUT2D eigenvalue weighted by atomic mass is 10.0. The van der Waals surface area contributed by atoms with E-state index >= 15 is 0 Å². The van der Waals surface area contributed by atoms with Crippen molar-refractivity contribution in [1.82, 2.24) is 5.32 Å². The number of esters is 2. The summed E-state index contributed by atoms with van der Waals surface area (Å²) in [5.41, 5.74) is 1.66. The van der Waals surface area contributed by atoms with Gasteiger partial charge < -0.3 is 25.0 Å². The van der Waals surface area contributed by atoms with E-state index in [1.165, 1.54) is 7.11 Å². The molecular weight excluding hydrogens is 390 g/mol. The molecule has 0 bridgehead atoms. The number of benzene rings is 1. The van der Waals surface area contributed by atoms with Crippen LogP contribution < -0.4 is 15.5 Å². The van der Waals surface area contributed by atoms with Crippen LogP contribution in [0.15, 0.2) is 18.2 Å². The zero-order valence-corrected chi connectivity index (χ0v) is 17.4. The van der Waals surface area contributed by atoms with Crippen molar-refractivity contribution in [3.8, 4) is 0 Å². The molecule has 0 saturated carbocycles. The number of amides is 2. The van der Waals surface area contributed by atoms with Gasteiger partial charge in [-0.05, 0) is 43.4 Å². The molecule has 1 fully saturated rings. The third-order valence-corrected chi connectivity index (χ3v) is 5.22. The molecule has 0 spiro atoms. The molecule has 2 amide bonds. The summed E-state index contributed by atoms with van der Waals surface area (Å²) in [5.74, 6) is -1.74. The van der Waals surface area contributed by atoms with Crippen LogP contribution in [0.4, 0.5) is 11.4 Å². The second kappa shape index (κ2) is 9.15. The summed E-state index contributed by atoms with van der Waals surface area (Å²) in [5, 5.41) is 5.37. The van der Waals surface area contributed by atoms with E-state index in [0.29, 0.717) is 12.1 Å². The van der Waals surface area contributed by atoms with E-state index in [9.17, 15) is 19.2 Å². The van der Waals surface area contributed by atoms with Crippen LogP contribution in [0.5, 0.6) is 0 Å². The summed E-state index contributed by atoms with van der Waals surface area (Å²) < 4.78 is 9.78. The lowest BCUT2D eigenvalue weighted by Gasteiger charge is -2.33. The molecule has 2 atom stereocenters. The quantitative estimate of drug-likeness (QED) is 0.646. The molecular formula is C21H27N3O6. The Morgan fingerprint density at radius 2 is 2.07 bits per heavy atom. The predicted molar refractivity (Wildman–Crippen MR) is 109 cm³/mol. The van der Waals surface area contributed by atoms with Crippen LogP contribution in [0.3, 0.4) is 0 Å². The fourth-order valence-electron chi connectivity index (χ4n) is 3.84. The number of carbonyl (C=O) groups is 4. The van der Waals surface area contributed by atoms with Crippen LogP contribution in [0.2, 0.25) is 0 Å². The molecule has 2 aliphatic heterocycles. The Morgan fingerprint density at radius 3 is 2.77 bits per heavy atom. The summed E-state index contributed by atoms with van der Waals surface area (Å²) in [6, 6.07) is 3.99. The van der Waals surface area contributed by atoms with E-state index in [1.807, 2.05) is 18.7 Å². The predicted octanol–water partition coefficient (Wildman–Crippen LogP) is 1.47. The smallest absolute Gasteiger partial charge is 0.338 e. The Kier molecular flexibility index (Phi) is 6.59. The van der Waals surface area contributed by atoms with Crippen molar-refractivity contribution >= 4 is 35.1 Å². The SMILES string of the molecule is COC(=O)[C@H](CC(C)C)NC(=O)COC(=O)c1ccc2c(c1)NC(=O)[C@@H]1CCCN21. The van der Waals surface area contributed by atoms with Gasteiger partial charge in [0.25, 0.3) is 5.91 Å². The van der Waals surface area contributed by atoms with E-state index in [0.717, 1.165) is 25.1 Å². The highest BCUT2D eigenvalue weighted by atomic mass is 16.5. The number of nitrogens with one attached hydrogen (secondary N) is 2. The molecule has 2 N–H and O–H groups in total. The number of fused-ring (bicyclic) bond motifs is 3. The molecule has 0 aliphatic carbocycles. The van der Waals surface area contributed by atoms with Gasteiger partial charge in [-0.15, -0.1) is 0 Å². The van der Waals surface area contributed by atoms with Gasteiger partial charge in [-0.1, -0.05) is 13.8 Å². The normalized spacial score (nSPS) is 18.2. The van der Waals surface area contributed by atoms with Crippen LogP contribution in [0, 0.1) is 5.92 Å². The van der Waals surface area contributed by atoms with Gasteiger partial charge in [0.2, 0.25) is 5.91 Å². The molecule has 0 radical (unpaired) electrons. The van der Waals surface area contributed by atoms with Crippen molar-refractivity contribution in [3.63, 3.8) is 0 Å². The average Bonchev–Trinajstić information content (AvgIpc) is 3.21. The Labute approximate surface area is 175 Å². The van der Waals surface area contributed by atoms with Gasteiger partial charge in [0.1, 0.15) is 12.1 Å². The highest BCUT2D eigenvalue weighted by molar-refractivity contribution is 6.05. The minimum Gasteiger partial charge on any atom is -0.467 e. The van der Waals surface area contributed by atoms with Crippen LogP contribution in [-0.4, -0.2) is 56.1 Å². The molecule has 1 aromatic carbocycles. The summed E-state index contributed by atoms with van der Waals surface area (Å²) in [7, 11) is 1.25. The number of rotatable bonds is 7. The average molecular weight is 417 g/mol. The van der Waals surface area contributed by atoms with E-state index < -0.39 is 30.5 Å². The van der Waals surface area contributed by atoms with Crippen molar-refractivity contribution in [3.05, 3.63) is 23.8 Å². The topological polar surface area (TPSA) is 114 Å². The van der Waals surface area contributed by atoms with Crippen LogP contribution in [-0.2, 0) is 23.9 Å². The lowest BCUT2D eigenvalue weighted by molar-refractivity contribution is -0.145. The molecule has 1 saturated heterocycles. The van der Waals surface area contributed by atoms with Crippen molar-refractivity contribution in [1.29, 1.82) is 0 Å². The summed E-state index contributed by atoms with van der Waals surface area (Å²) in [6.07, 6.45) is 2.17. The monoisotopic (exact) mass is 417 g/mol. The van der Waals surface area contributed by atoms with E-state index in [2.05, 4.69) is 10.6 Å². The standard InChI is InChI=1S/C21H27N3O6/c1-12(2)9-15(21(28)29-3)22-18(25)11-30-20(27)13-6-7-16-14(10-13)23-19(26)17-5-4-8-24(16)17/h6-7,10,12,15,17H,4-5,8-9,11H2,1-3H3,(H,22,25)(H,23,26)/t15-,17-/m0/s1. The number of nitrogens with zero attached hydrogens (tertiary/aromatic N) is 1. The minimum atomic E-state index is -0.798. The minimum absolute atomic E-state index is 0.0797. The van der Waals surface area contributed by atoms with E-state index in [1.54, 1.807) is 18.2 Å². The summed E-state index contributed by atoms with van der Waals surface area (Å²) in [4.78, 5) is 50.6. The lowest BCUT2D eigenvalue weighted by Crippen LogP contribution is -2.44. The Hall–Kier alpha value is -3.10. The number of hydrogen-bond donors (Lipinski definition) is 2. The largest absolute Gasteiger partial charge is 0.467 e. The molecule has 162 valence electrons. The highest BCUT2D eigenvalue weighted by Gasteiger charge is 2.36. The molecule has 9 nitrogen and oxygen atoms in total. The fourth-order valence-corrected chi connectivity index (χ4v) is 3.84. The molecule has 9 heteroatoms. The number of hydrogen-bond acceptors (Lipinski definition) is 7. The third-order valence-electron chi connectivity index (χ3n) is 5.22. The van der Waals surface area contributed by atoms with Gasteiger partial charge in [-0.3, -0.25) is 9.59 Å². The maximum atomic E-state index is 12.4. The van der Waals surface area contributed by atoms with Crippen LogP contribution >= 0.6 is 0 Å². The summed E-state index contributed by atoms with van der Waals surface area (Å²) >= 11 is 0. The number of methoxy groups -OCH3 is 1.